The molecule has 0 aliphatic rings. The van der Waals surface area contributed by atoms with Gasteiger partial charge in [-0.1, -0.05) is 48.0 Å². The molecular weight excluding hydrogens is 442 g/mol. The van der Waals surface area contributed by atoms with Crippen molar-refractivity contribution in [1.82, 2.24) is 15.6 Å². The highest BCUT2D eigenvalue weighted by atomic mass is 16.6. The van der Waals surface area contributed by atoms with E-state index in [1.807, 2.05) is 51.2 Å². The van der Waals surface area contributed by atoms with Gasteiger partial charge in [-0.25, -0.2) is 4.79 Å². The van der Waals surface area contributed by atoms with E-state index in [4.69, 9.17) is 4.74 Å². The van der Waals surface area contributed by atoms with Gasteiger partial charge in [0, 0.05) is 35.7 Å². The number of aromatic amines is 1. The molecule has 0 saturated carbocycles. The molecule has 188 valence electrons. The lowest BCUT2D eigenvalue weighted by Gasteiger charge is -2.26. The topological polar surface area (TPSA) is 103 Å². The maximum atomic E-state index is 12.3. The van der Waals surface area contributed by atoms with E-state index in [1.54, 1.807) is 0 Å². The van der Waals surface area contributed by atoms with Crippen LogP contribution in [0.5, 0.6) is 0 Å². The van der Waals surface area contributed by atoms with Gasteiger partial charge in [-0.15, -0.1) is 0 Å². The molecule has 3 aromatic rings. The Labute approximate surface area is 207 Å². The Morgan fingerprint density at radius 3 is 2.46 bits per heavy atom. The van der Waals surface area contributed by atoms with E-state index >= 15 is 0 Å². The summed E-state index contributed by atoms with van der Waals surface area (Å²) in [6.07, 6.45) is 3.55. The van der Waals surface area contributed by atoms with E-state index in [-0.39, 0.29) is 18.5 Å². The van der Waals surface area contributed by atoms with Crippen LogP contribution in [0.15, 0.2) is 54.7 Å². The van der Waals surface area contributed by atoms with Crippen LogP contribution in [0, 0.1) is 6.92 Å². The number of aromatic nitrogens is 1. The van der Waals surface area contributed by atoms with Crippen molar-refractivity contribution in [3.63, 3.8) is 0 Å². The summed E-state index contributed by atoms with van der Waals surface area (Å²) in [4.78, 5) is 27.2. The first kappa shape index (κ1) is 26.3. The molecule has 1 amide bonds. The maximum Gasteiger partial charge on any atom is 0.407 e. The number of H-pyrrole nitrogens is 1. The second kappa shape index (κ2) is 11.9. The largest absolute Gasteiger partial charge is 0.481 e. The molecule has 0 aliphatic heterocycles. The second-order valence-corrected chi connectivity index (χ2v) is 10.1. The molecule has 0 spiro atoms. The number of hydrogen-bond donors (Lipinski definition) is 4. The molecule has 3 rings (SSSR count). The molecule has 0 saturated heterocycles. The van der Waals surface area contributed by atoms with Gasteiger partial charge >= 0.3 is 12.1 Å². The number of fused-ring (bicyclic) bond motifs is 1. The smallest absolute Gasteiger partial charge is 0.407 e. The van der Waals surface area contributed by atoms with Crippen molar-refractivity contribution in [1.29, 1.82) is 0 Å². The molecule has 0 fully saturated rings. The van der Waals surface area contributed by atoms with Gasteiger partial charge in [0.05, 0.1) is 6.42 Å². The van der Waals surface area contributed by atoms with Crippen LogP contribution in [0.25, 0.3) is 10.9 Å². The van der Waals surface area contributed by atoms with E-state index in [2.05, 4.69) is 46.8 Å². The Morgan fingerprint density at radius 1 is 1.06 bits per heavy atom. The summed E-state index contributed by atoms with van der Waals surface area (Å²) < 4.78 is 5.39. The third-order valence-corrected chi connectivity index (χ3v) is 5.83. The van der Waals surface area contributed by atoms with Crippen LogP contribution in [0.4, 0.5) is 4.79 Å². The number of nitrogens with one attached hydrogen (secondary N) is 3. The maximum absolute atomic E-state index is 12.3. The van der Waals surface area contributed by atoms with Gasteiger partial charge in [-0.05, 0) is 64.2 Å². The zero-order chi connectivity index (χ0) is 25.4. The molecule has 0 radical (unpaired) electrons. The zero-order valence-electron chi connectivity index (χ0n) is 21.1. The summed E-state index contributed by atoms with van der Waals surface area (Å²) in [5.74, 6) is -0.861. The minimum atomic E-state index is -0.861. The summed E-state index contributed by atoms with van der Waals surface area (Å²) in [6, 6.07) is 16.0. The number of rotatable bonds is 11. The van der Waals surface area contributed by atoms with Gasteiger partial charge < -0.3 is 25.5 Å². The number of carboxylic acid groups (broad SMARTS) is 1. The highest BCUT2D eigenvalue weighted by Gasteiger charge is 2.22. The Balaban J connectivity index is 1.72. The van der Waals surface area contributed by atoms with Gasteiger partial charge in [0.15, 0.2) is 0 Å². The van der Waals surface area contributed by atoms with Crippen molar-refractivity contribution in [3.05, 3.63) is 71.4 Å². The SMILES string of the molecule is Cc1ccc(CCC(CNC(=O)OC(C)(C)C)N[C@H](CC(=O)O)Cc2c[nH]c3ccccc23)cc1. The highest BCUT2D eigenvalue weighted by Crippen LogP contribution is 2.20. The number of amides is 1. The molecular formula is C28H37N3O4. The molecule has 1 unspecified atom stereocenters. The van der Waals surface area contributed by atoms with Gasteiger partial charge in [0.1, 0.15) is 5.60 Å². The van der Waals surface area contributed by atoms with Crippen molar-refractivity contribution in [2.75, 3.05) is 6.54 Å². The molecule has 2 atom stereocenters. The summed E-state index contributed by atoms with van der Waals surface area (Å²) in [5.41, 5.74) is 3.91. The molecule has 1 aromatic heterocycles. The van der Waals surface area contributed by atoms with E-state index in [9.17, 15) is 14.7 Å². The van der Waals surface area contributed by atoms with Crippen LogP contribution in [0.3, 0.4) is 0 Å². The molecule has 7 heteroatoms. The van der Waals surface area contributed by atoms with Gasteiger partial charge in [0.2, 0.25) is 0 Å². The van der Waals surface area contributed by atoms with Crippen molar-refractivity contribution in [3.8, 4) is 0 Å². The Kier molecular flexibility index (Phi) is 8.93. The lowest BCUT2D eigenvalue weighted by molar-refractivity contribution is -0.137. The van der Waals surface area contributed by atoms with Crippen LogP contribution in [-0.2, 0) is 22.4 Å². The fourth-order valence-corrected chi connectivity index (χ4v) is 4.16. The minimum absolute atomic E-state index is 0.0209. The fourth-order valence-electron chi connectivity index (χ4n) is 4.16. The standard InChI is InChI=1S/C28H37N3O4/c1-19-9-11-20(12-10-19)13-14-22(18-30-27(34)35-28(2,3)4)31-23(16-26(32)33)15-21-17-29-25-8-6-5-7-24(21)25/h5-12,17,22-23,29,31H,13-16,18H2,1-4H3,(H,30,34)(H,32,33)/t22?,23-/m0/s1. The van der Waals surface area contributed by atoms with Crippen molar-refractivity contribution < 1.29 is 19.4 Å². The first-order chi connectivity index (χ1) is 16.6. The summed E-state index contributed by atoms with van der Waals surface area (Å²) in [6.45, 7) is 7.86. The summed E-state index contributed by atoms with van der Waals surface area (Å²) in [7, 11) is 0. The molecule has 0 bridgehead atoms. The van der Waals surface area contributed by atoms with Gasteiger partial charge in [0.25, 0.3) is 0 Å². The zero-order valence-corrected chi connectivity index (χ0v) is 21.1. The van der Waals surface area contributed by atoms with Crippen molar-refractivity contribution in [2.24, 2.45) is 0 Å². The number of carboxylic acids is 1. The Bertz CT molecular complexity index is 1120. The van der Waals surface area contributed by atoms with Gasteiger partial charge in [-0.2, -0.15) is 0 Å². The predicted molar refractivity (Wildman–Crippen MR) is 139 cm³/mol. The number of carbonyl (C=O) groups is 2. The normalized spacial score (nSPS) is 13.4. The molecule has 35 heavy (non-hydrogen) atoms. The fraction of sp³-hybridized carbons (Fsp3) is 0.429. The van der Waals surface area contributed by atoms with Crippen LogP contribution >= 0.6 is 0 Å². The lowest BCUT2D eigenvalue weighted by Crippen LogP contribution is -2.48. The number of aliphatic carboxylic acids is 1. The van der Waals surface area contributed by atoms with Crippen LogP contribution < -0.4 is 10.6 Å². The molecule has 4 N–H and O–H groups in total. The molecule has 1 heterocycles. The molecule has 7 nitrogen and oxygen atoms in total. The van der Waals surface area contributed by atoms with E-state index in [1.165, 1.54) is 11.1 Å². The minimum Gasteiger partial charge on any atom is -0.481 e. The average molecular weight is 480 g/mol. The third-order valence-electron chi connectivity index (χ3n) is 5.83. The quantitative estimate of drug-likeness (QED) is 0.311. The number of benzene rings is 2. The van der Waals surface area contributed by atoms with Crippen molar-refractivity contribution >= 4 is 23.0 Å². The highest BCUT2D eigenvalue weighted by molar-refractivity contribution is 5.83. The number of carbonyl (C=O) groups excluding carboxylic acids is 1. The van der Waals surface area contributed by atoms with Crippen LogP contribution in [-0.4, -0.2) is 46.4 Å². The van der Waals surface area contributed by atoms with Crippen molar-refractivity contribution in [2.45, 2.75) is 71.1 Å². The Morgan fingerprint density at radius 2 is 1.77 bits per heavy atom. The lowest BCUT2D eigenvalue weighted by atomic mass is 9.99. The van der Waals surface area contributed by atoms with Crippen LogP contribution in [0.1, 0.15) is 50.3 Å². The first-order valence-corrected chi connectivity index (χ1v) is 12.1. The number of alkyl carbamates (subject to hydrolysis) is 1. The number of hydrogen-bond acceptors (Lipinski definition) is 4. The molecule has 0 aliphatic carbocycles. The van der Waals surface area contributed by atoms with Crippen LogP contribution in [0.2, 0.25) is 0 Å². The first-order valence-electron chi connectivity index (χ1n) is 12.1. The second-order valence-electron chi connectivity index (χ2n) is 10.1. The average Bonchev–Trinajstić information content (AvgIpc) is 3.18. The number of para-hydroxylation sites is 1. The van der Waals surface area contributed by atoms with Gasteiger partial charge in [-0.3, -0.25) is 4.79 Å². The predicted octanol–water partition coefficient (Wildman–Crippen LogP) is 4.98. The summed E-state index contributed by atoms with van der Waals surface area (Å²) >= 11 is 0. The monoisotopic (exact) mass is 479 g/mol. The number of aryl methyl sites for hydroxylation is 2. The number of ether oxygens (including phenoxy) is 1. The van der Waals surface area contributed by atoms with E-state index < -0.39 is 17.7 Å². The summed E-state index contributed by atoms with van der Waals surface area (Å²) in [5, 5.41) is 17.0. The third kappa shape index (κ3) is 8.76. The van der Waals surface area contributed by atoms with E-state index in [0.29, 0.717) is 13.0 Å². The van der Waals surface area contributed by atoms with E-state index in [0.717, 1.165) is 29.3 Å². The molecule has 2 aromatic carbocycles. The Hall–Kier alpha value is -3.32.